The van der Waals surface area contributed by atoms with Gasteiger partial charge in [0.2, 0.25) is 0 Å². The van der Waals surface area contributed by atoms with Crippen LogP contribution in [-0.2, 0) is 0 Å². The van der Waals surface area contributed by atoms with E-state index in [-0.39, 0.29) is 0 Å². The maximum Gasteiger partial charge on any atom is 0.103 e. The Bertz CT molecular complexity index is 874. The molecule has 0 fully saturated rings. The number of halogens is 1. The first-order valence-corrected chi connectivity index (χ1v) is 8.30. The van der Waals surface area contributed by atoms with Crippen molar-refractivity contribution in [3.8, 4) is 22.8 Å². The normalized spacial score (nSPS) is 10.8. The first-order valence-electron chi connectivity index (χ1n) is 7.50. The fraction of sp³-hybridized carbons (Fsp3) is 0.211. The molecule has 3 rings (SSSR count). The van der Waals surface area contributed by atoms with Crippen LogP contribution < -0.4 is 0 Å². The molecule has 116 valence electrons. The van der Waals surface area contributed by atoms with Gasteiger partial charge in [0.25, 0.3) is 0 Å². The van der Waals surface area contributed by atoms with Gasteiger partial charge in [0.05, 0.1) is 17.1 Å². The monoisotopic (exact) mass is 367 g/mol. The molecule has 0 amide bonds. The lowest BCUT2D eigenvalue weighted by atomic mass is 10.0. The van der Waals surface area contributed by atoms with Crippen LogP contribution in [0.2, 0.25) is 0 Å². The lowest BCUT2D eigenvalue weighted by Crippen LogP contribution is -1.99. The van der Waals surface area contributed by atoms with Gasteiger partial charge >= 0.3 is 0 Å². The second-order valence-corrected chi connectivity index (χ2v) is 6.53. The number of nitrogens with zero attached hydrogens (tertiary/aromatic N) is 3. The molecule has 3 aromatic rings. The molecule has 0 spiro atoms. The molecule has 0 aliphatic carbocycles. The highest BCUT2D eigenvalue weighted by molar-refractivity contribution is 9.10. The summed E-state index contributed by atoms with van der Waals surface area (Å²) in [5.74, 6) is 0. The van der Waals surface area contributed by atoms with E-state index in [1.807, 2.05) is 24.4 Å². The summed E-state index contributed by atoms with van der Waals surface area (Å²) in [5, 5.41) is 0. The summed E-state index contributed by atoms with van der Waals surface area (Å²) in [6.45, 7) is 8.33. The van der Waals surface area contributed by atoms with Crippen molar-refractivity contribution >= 4 is 15.9 Å². The highest BCUT2D eigenvalue weighted by Gasteiger charge is 2.15. The van der Waals surface area contributed by atoms with Gasteiger partial charge in [-0.1, -0.05) is 6.07 Å². The van der Waals surface area contributed by atoms with Crippen LogP contribution in [0.15, 0.2) is 41.1 Å². The Hall–Kier alpha value is -2.07. The van der Waals surface area contributed by atoms with E-state index in [9.17, 15) is 0 Å². The molecular formula is C19H18BrN3. The second-order valence-electron chi connectivity index (χ2n) is 5.74. The molecule has 3 nitrogen and oxygen atoms in total. The molecule has 0 saturated heterocycles. The predicted octanol–water partition coefficient (Wildman–Crippen LogP) is 5.20. The zero-order valence-electron chi connectivity index (χ0n) is 13.7. The lowest BCUT2D eigenvalue weighted by molar-refractivity contribution is 1.14. The van der Waals surface area contributed by atoms with Crippen molar-refractivity contribution in [3.05, 3.63) is 63.4 Å². The highest BCUT2D eigenvalue weighted by atomic mass is 79.9. The molecule has 0 aliphatic heterocycles. The van der Waals surface area contributed by atoms with Crippen LogP contribution in [0.25, 0.3) is 22.8 Å². The van der Waals surface area contributed by atoms with Crippen LogP contribution in [-0.4, -0.2) is 15.0 Å². The van der Waals surface area contributed by atoms with Crippen molar-refractivity contribution in [1.29, 1.82) is 0 Å². The molecule has 0 saturated carbocycles. The average Bonchev–Trinajstić information content (AvgIpc) is 2.56. The minimum absolute atomic E-state index is 0.865. The molecule has 0 aromatic carbocycles. The van der Waals surface area contributed by atoms with E-state index in [4.69, 9.17) is 4.98 Å². The third kappa shape index (κ3) is 2.91. The van der Waals surface area contributed by atoms with E-state index in [0.717, 1.165) is 38.4 Å². The third-order valence-corrected chi connectivity index (χ3v) is 5.17. The minimum atomic E-state index is 0.865. The van der Waals surface area contributed by atoms with Crippen molar-refractivity contribution in [1.82, 2.24) is 15.0 Å². The molecule has 4 heteroatoms. The Morgan fingerprint density at radius 2 is 1.61 bits per heavy atom. The smallest absolute Gasteiger partial charge is 0.103 e. The largest absolute Gasteiger partial charge is 0.255 e. The molecule has 0 atom stereocenters. The SMILES string of the molecule is Cc1cc(-c2ncc(C)c(C)c2Br)nc(-c2ccccn2)c1C. The molecule has 0 aliphatic rings. The third-order valence-electron chi connectivity index (χ3n) is 4.20. The summed E-state index contributed by atoms with van der Waals surface area (Å²) in [6, 6.07) is 7.97. The van der Waals surface area contributed by atoms with E-state index < -0.39 is 0 Å². The first-order chi connectivity index (χ1) is 11.0. The van der Waals surface area contributed by atoms with Gasteiger partial charge in [-0.2, -0.15) is 0 Å². The fourth-order valence-electron chi connectivity index (χ4n) is 2.45. The summed E-state index contributed by atoms with van der Waals surface area (Å²) in [5.41, 5.74) is 8.21. The summed E-state index contributed by atoms with van der Waals surface area (Å²) in [7, 11) is 0. The number of hydrogen-bond acceptors (Lipinski definition) is 3. The molecular weight excluding hydrogens is 350 g/mol. The zero-order chi connectivity index (χ0) is 16.6. The van der Waals surface area contributed by atoms with Crippen LogP contribution in [0.5, 0.6) is 0 Å². The maximum absolute atomic E-state index is 4.85. The summed E-state index contributed by atoms with van der Waals surface area (Å²) >= 11 is 3.67. The van der Waals surface area contributed by atoms with Gasteiger partial charge in [-0.3, -0.25) is 9.97 Å². The van der Waals surface area contributed by atoms with Crippen molar-refractivity contribution in [3.63, 3.8) is 0 Å². The Labute approximate surface area is 145 Å². The van der Waals surface area contributed by atoms with E-state index in [1.54, 1.807) is 6.20 Å². The zero-order valence-corrected chi connectivity index (χ0v) is 15.3. The van der Waals surface area contributed by atoms with Crippen molar-refractivity contribution < 1.29 is 0 Å². The van der Waals surface area contributed by atoms with Gasteiger partial charge < -0.3 is 0 Å². The molecule has 23 heavy (non-hydrogen) atoms. The van der Waals surface area contributed by atoms with Crippen LogP contribution >= 0.6 is 15.9 Å². The topological polar surface area (TPSA) is 38.7 Å². The first kappa shape index (κ1) is 15.8. The highest BCUT2D eigenvalue weighted by Crippen LogP contribution is 2.32. The minimum Gasteiger partial charge on any atom is -0.255 e. The van der Waals surface area contributed by atoms with Crippen LogP contribution in [0.4, 0.5) is 0 Å². The molecule has 0 unspecified atom stereocenters. The van der Waals surface area contributed by atoms with Crippen LogP contribution in [0.3, 0.4) is 0 Å². The second kappa shape index (κ2) is 6.20. The van der Waals surface area contributed by atoms with Gasteiger partial charge in [-0.05, 0) is 84.1 Å². The molecule has 3 heterocycles. The number of rotatable bonds is 2. The Morgan fingerprint density at radius 1 is 0.826 bits per heavy atom. The number of hydrogen-bond donors (Lipinski definition) is 0. The van der Waals surface area contributed by atoms with Gasteiger partial charge in [-0.15, -0.1) is 0 Å². The number of aromatic nitrogens is 3. The van der Waals surface area contributed by atoms with Crippen molar-refractivity contribution in [2.45, 2.75) is 27.7 Å². The van der Waals surface area contributed by atoms with Gasteiger partial charge in [-0.25, -0.2) is 4.98 Å². The Balaban J connectivity index is 2.23. The number of aryl methyl sites for hydroxylation is 2. The predicted molar refractivity (Wildman–Crippen MR) is 97.3 cm³/mol. The van der Waals surface area contributed by atoms with Crippen LogP contribution in [0.1, 0.15) is 22.3 Å². The Morgan fingerprint density at radius 3 is 2.30 bits per heavy atom. The Kier molecular flexibility index (Phi) is 4.26. The summed E-state index contributed by atoms with van der Waals surface area (Å²) in [4.78, 5) is 13.9. The van der Waals surface area contributed by atoms with E-state index in [1.165, 1.54) is 11.1 Å². The van der Waals surface area contributed by atoms with Gasteiger partial charge in [0.1, 0.15) is 5.69 Å². The summed E-state index contributed by atoms with van der Waals surface area (Å²) < 4.78 is 1.00. The molecule has 0 bridgehead atoms. The average molecular weight is 368 g/mol. The van der Waals surface area contributed by atoms with E-state index >= 15 is 0 Å². The maximum atomic E-state index is 4.85. The van der Waals surface area contributed by atoms with Crippen molar-refractivity contribution in [2.75, 3.05) is 0 Å². The number of pyridine rings is 3. The van der Waals surface area contributed by atoms with Crippen LogP contribution in [0, 0.1) is 27.7 Å². The standard InChI is InChI=1S/C19H18BrN3/c1-11-9-16(19-17(20)13(3)12(2)10-22-19)23-18(14(11)4)15-7-5-6-8-21-15/h5-10H,1-4H3. The molecule has 0 N–H and O–H groups in total. The fourth-order valence-corrected chi connectivity index (χ4v) is 3.07. The van der Waals surface area contributed by atoms with E-state index in [0.29, 0.717) is 0 Å². The lowest BCUT2D eigenvalue weighted by Gasteiger charge is -2.13. The quantitative estimate of drug-likeness (QED) is 0.624. The summed E-state index contributed by atoms with van der Waals surface area (Å²) in [6.07, 6.45) is 3.69. The van der Waals surface area contributed by atoms with E-state index in [2.05, 4.69) is 59.7 Å². The molecule has 0 radical (unpaired) electrons. The van der Waals surface area contributed by atoms with Gasteiger partial charge in [0.15, 0.2) is 0 Å². The molecule has 3 aromatic heterocycles. The van der Waals surface area contributed by atoms with Crippen molar-refractivity contribution in [2.24, 2.45) is 0 Å². The van der Waals surface area contributed by atoms with Gasteiger partial charge in [0, 0.05) is 16.9 Å².